The molecule has 5 heteroatoms. The van der Waals surface area contributed by atoms with Gasteiger partial charge in [0.2, 0.25) is 0 Å². The van der Waals surface area contributed by atoms with Crippen molar-refractivity contribution in [3.05, 3.63) is 59.1 Å². The van der Waals surface area contributed by atoms with Crippen molar-refractivity contribution in [2.45, 2.75) is 6.54 Å². The van der Waals surface area contributed by atoms with Crippen molar-refractivity contribution in [2.75, 3.05) is 0 Å². The average Bonchev–Trinajstić information content (AvgIpc) is 3.06. The summed E-state index contributed by atoms with van der Waals surface area (Å²) in [6.45, 7) is 0.362. The van der Waals surface area contributed by atoms with Gasteiger partial charge in [0.05, 0.1) is 12.8 Å². The van der Waals surface area contributed by atoms with E-state index >= 15 is 0 Å². The molecule has 2 aromatic heterocycles. The molecule has 102 valence electrons. The number of amides is 1. The number of nitrogens with zero attached hydrogens (tertiary/aromatic N) is 1. The molecular formula is C15H13ClN2O2. The smallest absolute Gasteiger partial charge is 0.268 e. The molecule has 0 aliphatic heterocycles. The van der Waals surface area contributed by atoms with Gasteiger partial charge in [0.25, 0.3) is 5.91 Å². The molecule has 0 fully saturated rings. The standard InChI is InChI=1S/C15H13ClN2O2/c1-18-13-6-2-5-12(16)11(13)8-14(18)15(19)17-9-10-4-3-7-20-10/h2-8H,9H2,1H3,(H,17,19). The van der Waals surface area contributed by atoms with Crippen molar-refractivity contribution in [2.24, 2.45) is 7.05 Å². The predicted octanol–water partition coefficient (Wildman–Crippen LogP) is 3.35. The summed E-state index contributed by atoms with van der Waals surface area (Å²) in [5.41, 5.74) is 1.50. The van der Waals surface area contributed by atoms with Crippen LogP contribution in [0.2, 0.25) is 5.02 Å². The summed E-state index contributed by atoms with van der Waals surface area (Å²) >= 11 is 6.15. The van der Waals surface area contributed by atoms with Crippen molar-refractivity contribution >= 4 is 28.4 Å². The first-order valence-electron chi connectivity index (χ1n) is 6.21. The van der Waals surface area contributed by atoms with Gasteiger partial charge in [-0.25, -0.2) is 0 Å². The van der Waals surface area contributed by atoms with Gasteiger partial charge in [0.1, 0.15) is 11.5 Å². The first-order valence-corrected chi connectivity index (χ1v) is 6.59. The molecule has 20 heavy (non-hydrogen) atoms. The summed E-state index contributed by atoms with van der Waals surface area (Å²) in [6.07, 6.45) is 1.58. The molecule has 4 nitrogen and oxygen atoms in total. The maximum atomic E-state index is 12.2. The molecule has 0 saturated carbocycles. The Kier molecular flexibility index (Phi) is 3.24. The SMILES string of the molecule is Cn1c(C(=O)NCc2ccco2)cc2c(Cl)cccc21. The van der Waals surface area contributed by atoms with Gasteiger partial charge in [-0.2, -0.15) is 0 Å². The van der Waals surface area contributed by atoms with Gasteiger partial charge in [0, 0.05) is 23.0 Å². The Morgan fingerprint density at radius 2 is 2.20 bits per heavy atom. The third kappa shape index (κ3) is 2.18. The summed E-state index contributed by atoms with van der Waals surface area (Å²) in [5, 5.41) is 4.34. The Morgan fingerprint density at radius 1 is 1.35 bits per heavy atom. The molecule has 1 amide bonds. The van der Waals surface area contributed by atoms with Crippen LogP contribution in [0.5, 0.6) is 0 Å². The highest BCUT2D eigenvalue weighted by Crippen LogP contribution is 2.26. The fourth-order valence-electron chi connectivity index (χ4n) is 2.21. The van der Waals surface area contributed by atoms with E-state index in [4.69, 9.17) is 16.0 Å². The van der Waals surface area contributed by atoms with Gasteiger partial charge in [0.15, 0.2) is 0 Å². The Hall–Kier alpha value is -2.20. The number of nitrogens with one attached hydrogen (secondary N) is 1. The lowest BCUT2D eigenvalue weighted by Gasteiger charge is -2.05. The van der Waals surface area contributed by atoms with E-state index in [0.717, 1.165) is 16.7 Å². The number of benzene rings is 1. The Labute approximate surface area is 120 Å². The quantitative estimate of drug-likeness (QED) is 0.803. The van der Waals surface area contributed by atoms with Gasteiger partial charge in [-0.3, -0.25) is 4.79 Å². The lowest BCUT2D eigenvalue weighted by Crippen LogP contribution is -2.24. The Morgan fingerprint density at radius 3 is 2.90 bits per heavy atom. The Bertz CT molecular complexity index is 760. The molecule has 0 spiro atoms. The molecule has 0 radical (unpaired) electrons. The first-order chi connectivity index (χ1) is 9.66. The number of aromatic nitrogens is 1. The van der Waals surface area contributed by atoms with E-state index in [9.17, 15) is 4.79 Å². The third-order valence-electron chi connectivity index (χ3n) is 3.27. The number of furan rings is 1. The zero-order chi connectivity index (χ0) is 14.1. The second kappa shape index (κ2) is 5.06. The van der Waals surface area contributed by atoms with Gasteiger partial charge in [-0.05, 0) is 30.3 Å². The first kappa shape index (κ1) is 12.8. The Balaban J connectivity index is 1.88. The highest BCUT2D eigenvalue weighted by atomic mass is 35.5. The fraction of sp³-hybridized carbons (Fsp3) is 0.133. The van der Waals surface area contributed by atoms with Crippen LogP contribution in [0.25, 0.3) is 10.9 Å². The summed E-state index contributed by atoms with van der Waals surface area (Å²) in [6, 6.07) is 11.0. The zero-order valence-corrected chi connectivity index (χ0v) is 11.6. The van der Waals surface area contributed by atoms with Gasteiger partial charge < -0.3 is 14.3 Å². The minimum Gasteiger partial charge on any atom is -0.467 e. The number of aryl methyl sites for hydroxylation is 1. The summed E-state index contributed by atoms with van der Waals surface area (Å²) in [5.74, 6) is 0.561. The van der Waals surface area contributed by atoms with Crippen molar-refractivity contribution < 1.29 is 9.21 Å². The van der Waals surface area contributed by atoms with E-state index in [1.807, 2.05) is 35.9 Å². The molecule has 1 aromatic carbocycles. The van der Waals surface area contributed by atoms with Crippen molar-refractivity contribution in [1.82, 2.24) is 9.88 Å². The van der Waals surface area contributed by atoms with Crippen molar-refractivity contribution in [3.63, 3.8) is 0 Å². The van der Waals surface area contributed by atoms with Gasteiger partial charge >= 0.3 is 0 Å². The molecule has 3 aromatic rings. The van der Waals surface area contributed by atoms with E-state index in [0.29, 0.717) is 17.3 Å². The van der Waals surface area contributed by atoms with Crippen LogP contribution >= 0.6 is 11.6 Å². The summed E-state index contributed by atoms with van der Waals surface area (Å²) in [4.78, 5) is 12.2. The van der Waals surface area contributed by atoms with Crippen LogP contribution in [-0.4, -0.2) is 10.5 Å². The molecular weight excluding hydrogens is 276 g/mol. The van der Waals surface area contributed by atoms with Crippen LogP contribution in [0, 0.1) is 0 Å². The number of carbonyl (C=O) groups is 1. The number of carbonyl (C=O) groups excluding carboxylic acids is 1. The minimum absolute atomic E-state index is 0.156. The molecule has 0 unspecified atom stereocenters. The van der Waals surface area contributed by atoms with E-state index < -0.39 is 0 Å². The maximum Gasteiger partial charge on any atom is 0.268 e. The van der Waals surface area contributed by atoms with E-state index in [1.54, 1.807) is 18.4 Å². The lowest BCUT2D eigenvalue weighted by atomic mass is 10.2. The number of rotatable bonds is 3. The highest BCUT2D eigenvalue weighted by molar-refractivity contribution is 6.35. The van der Waals surface area contributed by atoms with Crippen LogP contribution in [0.15, 0.2) is 47.1 Å². The monoisotopic (exact) mass is 288 g/mol. The second-order valence-electron chi connectivity index (χ2n) is 4.52. The topological polar surface area (TPSA) is 47.2 Å². The largest absolute Gasteiger partial charge is 0.467 e. The molecule has 0 atom stereocenters. The van der Waals surface area contributed by atoms with Gasteiger partial charge in [-0.1, -0.05) is 17.7 Å². The molecule has 2 heterocycles. The lowest BCUT2D eigenvalue weighted by molar-refractivity contribution is 0.0940. The van der Waals surface area contributed by atoms with E-state index in [-0.39, 0.29) is 5.91 Å². The van der Waals surface area contributed by atoms with E-state index in [2.05, 4.69) is 5.32 Å². The number of fused-ring (bicyclic) bond motifs is 1. The van der Waals surface area contributed by atoms with E-state index in [1.165, 1.54) is 0 Å². The summed E-state index contributed by atoms with van der Waals surface area (Å²) < 4.78 is 7.02. The van der Waals surface area contributed by atoms with Crippen LogP contribution in [0.1, 0.15) is 16.2 Å². The normalized spacial score (nSPS) is 10.9. The molecule has 0 aliphatic rings. The van der Waals surface area contributed by atoms with Crippen molar-refractivity contribution in [1.29, 1.82) is 0 Å². The maximum absolute atomic E-state index is 12.2. The van der Waals surface area contributed by atoms with Crippen molar-refractivity contribution in [3.8, 4) is 0 Å². The third-order valence-corrected chi connectivity index (χ3v) is 3.60. The zero-order valence-electron chi connectivity index (χ0n) is 10.9. The summed E-state index contributed by atoms with van der Waals surface area (Å²) in [7, 11) is 1.85. The average molecular weight is 289 g/mol. The fourth-order valence-corrected chi connectivity index (χ4v) is 2.44. The van der Waals surface area contributed by atoms with Crippen LogP contribution < -0.4 is 5.32 Å². The highest BCUT2D eigenvalue weighted by Gasteiger charge is 2.14. The molecule has 1 N–H and O–H groups in total. The molecule has 3 rings (SSSR count). The molecule has 0 saturated heterocycles. The van der Waals surface area contributed by atoms with Crippen LogP contribution in [-0.2, 0) is 13.6 Å². The second-order valence-corrected chi connectivity index (χ2v) is 4.93. The predicted molar refractivity (Wildman–Crippen MR) is 77.8 cm³/mol. The van der Waals surface area contributed by atoms with Crippen LogP contribution in [0.4, 0.5) is 0 Å². The minimum atomic E-state index is -0.156. The number of halogens is 1. The number of hydrogen-bond donors (Lipinski definition) is 1. The molecule has 0 aliphatic carbocycles. The molecule has 0 bridgehead atoms. The van der Waals surface area contributed by atoms with Crippen LogP contribution in [0.3, 0.4) is 0 Å². The number of hydrogen-bond acceptors (Lipinski definition) is 2. The van der Waals surface area contributed by atoms with Gasteiger partial charge in [-0.15, -0.1) is 0 Å².